The molecule has 2 aliphatic heterocycles. The highest BCUT2D eigenvalue weighted by Gasteiger charge is 2.48. The number of alkyl halides is 3. The zero-order valence-electron chi connectivity index (χ0n) is 15.7. The van der Waals surface area contributed by atoms with E-state index in [1.54, 1.807) is 0 Å². The third-order valence-corrected chi connectivity index (χ3v) is 5.78. The average Bonchev–Trinajstić information content (AvgIpc) is 3.06. The molecular weight excluding hydrogens is 440 g/mol. The van der Waals surface area contributed by atoms with E-state index in [0.29, 0.717) is 12.8 Å². The van der Waals surface area contributed by atoms with Crippen LogP contribution in [0.5, 0.6) is 0 Å². The van der Waals surface area contributed by atoms with E-state index in [0.717, 1.165) is 24.5 Å². The molecule has 1 aromatic heterocycles. The summed E-state index contributed by atoms with van der Waals surface area (Å²) in [7, 11) is 0. The number of carbonyl (C=O) groups is 1. The molecule has 0 spiro atoms. The molecule has 2 N–H and O–H groups in total. The number of likely N-dealkylation sites (tertiary alicyclic amines) is 1. The molecule has 31 heavy (non-hydrogen) atoms. The van der Waals surface area contributed by atoms with Gasteiger partial charge in [0, 0.05) is 6.54 Å². The molecule has 0 radical (unpaired) electrons. The van der Waals surface area contributed by atoms with E-state index in [-0.39, 0.29) is 29.6 Å². The Kier molecular flexibility index (Phi) is 5.16. The van der Waals surface area contributed by atoms with Crippen LogP contribution in [-0.2, 0) is 6.18 Å². The highest BCUT2D eigenvalue weighted by Crippen LogP contribution is 2.39. The van der Waals surface area contributed by atoms with Gasteiger partial charge in [-0.15, -0.1) is 0 Å². The molecule has 1 aromatic carbocycles. The van der Waals surface area contributed by atoms with Crippen molar-refractivity contribution in [1.82, 2.24) is 19.8 Å². The molecule has 2 atom stereocenters. The molecule has 4 rings (SSSR count). The number of hydrogen-bond donors (Lipinski definition) is 2. The summed E-state index contributed by atoms with van der Waals surface area (Å²) in [4.78, 5) is 23.3. The summed E-state index contributed by atoms with van der Waals surface area (Å²) in [6, 6.07) is 1.96. The van der Waals surface area contributed by atoms with E-state index in [1.165, 1.54) is 15.9 Å². The summed E-state index contributed by atoms with van der Waals surface area (Å²) in [5.41, 5.74) is -1.39. The number of nitrogens with one attached hydrogen (secondary N) is 2. The van der Waals surface area contributed by atoms with Crippen LogP contribution < -0.4 is 0 Å². The van der Waals surface area contributed by atoms with Crippen molar-refractivity contribution >= 4 is 29.2 Å². The Morgan fingerprint density at radius 3 is 2.52 bits per heavy atom. The molecule has 0 saturated carbocycles. The van der Waals surface area contributed by atoms with Gasteiger partial charge in [0.25, 0.3) is 5.91 Å². The monoisotopic (exact) mass is 454 g/mol. The number of amidine groups is 2. The second kappa shape index (κ2) is 7.56. The fraction of sp³-hybridized carbons (Fsp3) is 0.316. The van der Waals surface area contributed by atoms with E-state index in [4.69, 9.17) is 22.4 Å². The summed E-state index contributed by atoms with van der Waals surface area (Å²) in [5, 5.41) is 16.1. The lowest BCUT2D eigenvalue weighted by molar-refractivity contribution is -0.137. The standard InChI is InChI=1S/C19H15ClF4N6O/c20-14-11(2-1-3-12(14)19(22,23)24)18(31)30-10-4-5-13(30)15(25)29(8-10)16(26)17-27-6-9(21)7-28-17/h1-3,6-7,10,13,25-26H,4-5,8H2. The van der Waals surface area contributed by atoms with Gasteiger partial charge in [0.15, 0.2) is 17.5 Å². The van der Waals surface area contributed by atoms with Gasteiger partial charge in [-0.25, -0.2) is 14.4 Å². The van der Waals surface area contributed by atoms with Crippen LogP contribution in [0.25, 0.3) is 0 Å². The lowest BCUT2D eigenvalue weighted by atomic mass is 10.1. The van der Waals surface area contributed by atoms with Gasteiger partial charge in [0.2, 0.25) is 0 Å². The molecule has 12 heteroatoms. The number of rotatable bonds is 2. The van der Waals surface area contributed by atoms with E-state index in [9.17, 15) is 22.4 Å². The first kappa shape index (κ1) is 21.2. The van der Waals surface area contributed by atoms with Gasteiger partial charge in [0.05, 0.1) is 40.6 Å². The molecule has 1 amide bonds. The van der Waals surface area contributed by atoms with Crippen LogP contribution in [0.4, 0.5) is 17.6 Å². The Hall–Kier alpha value is -3.08. The molecule has 3 heterocycles. The maximum atomic E-state index is 13.2. The molecule has 2 fully saturated rings. The summed E-state index contributed by atoms with van der Waals surface area (Å²) in [5.74, 6) is -1.74. The van der Waals surface area contributed by atoms with Crippen molar-refractivity contribution in [3.8, 4) is 0 Å². The molecule has 7 nitrogen and oxygen atoms in total. The molecule has 0 aliphatic carbocycles. The van der Waals surface area contributed by atoms with Crippen molar-refractivity contribution in [2.24, 2.45) is 0 Å². The number of carbonyl (C=O) groups excluding carboxylic acids is 1. The van der Waals surface area contributed by atoms with Crippen LogP contribution in [0.3, 0.4) is 0 Å². The maximum absolute atomic E-state index is 13.2. The van der Waals surface area contributed by atoms with Crippen molar-refractivity contribution in [3.63, 3.8) is 0 Å². The lowest BCUT2D eigenvalue weighted by Crippen LogP contribution is -2.60. The van der Waals surface area contributed by atoms with Gasteiger partial charge in [-0.1, -0.05) is 17.7 Å². The van der Waals surface area contributed by atoms with Gasteiger partial charge in [-0.05, 0) is 25.0 Å². The average molecular weight is 455 g/mol. The molecular formula is C19H15ClF4N6O. The number of halogens is 5. The molecule has 2 saturated heterocycles. The Labute approximate surface area is 178 Å². The molecule has 2 aromatic rings. The topological polar surface area (TPSA) is 97.0 Å². The predicted molar refractivity (Wildman–Crippen MR) is 103 cm³/mol. The Morgan fingerprint density at radius 1 is 1.19 bits per heavy atom. The number of aromatic nitrogens is 2. The third kappa shape index (κ3) is 3.62. The van der Waals surface area contributed by atoms with Crippen molar-refractivity contribution in [3.05, 3.63) is 58.4 Å². The zero-order valence-corrected chi connectivity index (χ0v) is 16.5. The lowest BCUT2D eigenvalue weighted by Gasteiger charge is -2.42. The molecule has 2 aliphatic rings. The maximum Gasteiger partial charge on any atom is 0.417 e. The van der Waals surface area contributed by atoms with Crippen LogP contribution in [0, 0.1) is 16.6 Å². The number of hydrogen-bond acceptors (Lipinski definition) is 5. The quantitative estimate of drug-likeness (QED) is 0.412. The minimum atomic E-state index is -4.71. The number of benzene rings is 1. The number of piperazine rings is 1. The third-order valence-electron chi connectivity index (χ3n) is 5.37. The van der Waals surface area contributed by atoms with E-state index < -0.39 is 40.6 Å². The van der Waals surface area contributed by atoms with Gasteiger partial charge in [-0.3, -0.25) is 15.6 Å². The minimum absolute atomic E-state index is 0.0667. The Morgan fingerprint density at radius 2 is 1.87 bits per heavy atom. The van der Waals surface area contributed by atoms with Crippen LogP contribution in [-0.4, -0.2) is 56.0 Å². The molecule has 2 bridgehead atoms. The van der Waals surface area contributed by atoms with Gasteiger partial charge < -0.3 is 9.80 Å². The van der Waals surface area contributed by atoms with Crippen molar-refractivity contribution in [1.29, 1.82) is 10.8 Å². The van der Waals surface area contributed by atoms with Crippen molar-refractivity contribution in [2.45, 2.75) is 31.1 Å². The molecule has 162 valence electrons. The fourth-order valence-corrected chi connectivity index (χ4v) is 4.26. The number of amides is 1. The second-order valence-corrected chi connectivity index (χ2v) is 7.57. The van der Waals surface area contributed by atoms with Crippen molar-refractivity contribution < 1.29 is 22.4 Å². The van der Waals surface area contributed by atoms with E-state index in [1.807, 2.05) is 0 Å². The van der Waals surface area contributed by atoms with E-state index >= 15 is 0 Å². The first-order valence-electron chi connectivity index (χ1n) is 9.20. The number of fused-ring (bicyclic) bond motifs is 2. The summed E-state index contributed by atoms with van der Waals surface area (Å²) < 4.78 is 52.6. The fourth-order valence-electron chi connectivity index (χ4n) is 3.95. The predicted octanol–water partition coefficient (Wildman–Crippen LogP) is 3.58. The molecule has 2 unspecified atom stereocenters. The van der Waals surface area contributed by atoms with Gasteiger partial charge >= 0.3 is 6.18 Å². The summed E-state index contributed by atoms with van der Waals surface area (Å²) in [6.07, 6.45) is -1.97. The largest absolute Gasteiger partial charge is 0.417 e. The van der Waals surface area contributed by atoms with Crippen LogP contribution in [0.1, 0.15) is 34.6 Å². The summed E-state index contributed by atoms with van der Waals surface area (Å²) in [6.45, 7) is 0.0667. The minimum Gasteiger partial charge on any atom is -0.324 e. The Balaban J connectivity index is 1.61. The summed E-state index contributed by atoms with van der Waals surface area (Å²) >= 11 is 5.92. The van der Waals surface area contributed by atoms with Crippen LogP contribution in [0.15, 0.2) is 30.6 Å². The van der Waals surface area contributed by atoms with Crippen LogP contribution >= 0.6 is 11.6 Å². The van der Waals surface area contributed by atoms with Gasteiger partial charge in [-0.2, -0.15) is 13.2 Å². The highest BCUT2D eigenvalue weighted by molar-refractivity contribution is 6.34. The van der Waals surface area contributed by atoms with Gasteiger partial charge in [0.1, 0.15) is 5.84 Å². The normalized spacial score (nSPS) is 20.9. The first-order chi connectivity index (χ1) is 14.6. The smallest absolute Gasteiger partial charge is 0.324 e. The van der Waals surface area contributed by atoms with Crippen LogP contribution in [0.2, 0.25) is 5.02 Å². The Bertz CT molecular complexity index is 1070. The van der Waals surface area contributed by atoms with Crippen molar-refractivity contribution in [2.75, 3.05) is 6.54 Å². The zero-order chi connectivity index (χ0) is 22.5. The van der Waals surface area contributed by atoms with E-state index in [2.05, 4.69) is 9.97 Å². The first-order valence-corrected chi connectivity index (χ1v) is 9.58. The second-order valence-electron chi connectivity index (χ2n) is 7.19. The number of nitrogens with zero attached hydrogens (tertiary/aromatic N) is 4. The SMILES string of the molecule is N=C(c1ncc(F)cn1)N1CC2CCC(C1=N)N2C(=O)c1cccc(C(F)(F)F)c1Cl. The highest BCUT2D eigenvalue weighted by atomic mass is 35.5.